The van der Waals surface area contributed by atoms with E-state index in [2.05, 4.69) is 15.0 Å². The molecule has 2 N–H and O–H groups in total. The monoisotopic (exact) mass is 290 g/mol. The van der Waals surface area contributed by atoms with E-state index in [1.807, 2.05) is 12.1 Å². The van der Waals surface area contributed by atoms with Gasteiger partial charge in [-0.1, -0.05) is 11.6 Å². The third-order valence-corrected chi connectivity index (χ3v) is 3.01. The first-order valence-corrected chi connectivity index (χ1v) is 6.66. The fraction of sp³-hybridized carbons (Fsp3) is 0.286. The number of aliphatic hydroxyl groups is 1. The maximum atomic E-state index is 8.70. The molecule has 0 saturated heterocycles. The van der Waals surface area contributed by atoms with E-state index >= 15 is 0 Å². The Morgan fingerprint density at radius 3 is 3.00 bits per heavy atom. The minimum absolute atomic E-state index is 0.118. The van der Waals surface area contributed by atoms with E-state index in [1.165, 1.54) is 6.21 Å². The number of rotatable bonds is 6. The van der Waals surface area contributed by atoms with Crippen LogP contribution in [0.3, 0.4) is 0 Å². The molecule has 2 heterocycles. The Labute approximate surface area is 121 Å². The van der Waals surface area contributed by atoms with Crippen LogP contribution in [0.4, 0.5) is 0 Å². The molecule has 0 aliphatic heterocycles. The van der Waals surface area contributed by atoms with Crippen molar-refractivity contribution in [1.29, 1.82) is 5.41 Å². The highest BCUT2D eigenvalue weighted by atomic mass is 35.5. The molecule has 0 spiro atoms. The van der Waals surface area contributed by atoms with E-state index in [4.69, 9.17) is 22.1 Å². The maximum Gasteiger partial charge on any atom is 0.129 e. The Hall–Kier alpha value is -1.85. The first kappa shape index (κ1) is 14.6. The van der Waals surface area contributed by atoms with Gasteiger partial charge in [0.05, 0.1) is 17.0 Å². The van der Waals surface area contributed by atoms with Crippen molar-refractivity contribution in [1.82, 2.24) is 9.97 Å². The number of hydrogen-bond acceptors (Lipinski definition) is 5. The molecule has 0 aliphatic carbocycles. The second-order valence-electron chi connectivity index (χ2n) is 4.27. The quantitative estimate of drug-likeness (QED) is 0.487. The number of aliphatic hydroxyl groups excluding tert-OH is 1. The van der Waals surface area contributed by atoms with Crippen LogP contribution in [0.1, 0.15) is 17.9 Å². The van der Waals surface area contributed by atoms with Gasteiger partial charge in [-0.3, -0.25) is 9.98 Å². The van der Waals surface area contributed by atoms with E-state index < -0.39 is 0 Å². The van der Waals surface area contributed by atoms with Gasteiger partial charge in [-0.05, 0) is 30.2 Å². The summed E-state index contributed by atoms with van der Waals surface area (Å²) in [4.78, 5) is 12.7. The molecule has 1 atom stereocenters. The lowest BCUT2D eigenvalue weighted by Crippen LogP contribution is -2.03. The summed E-state index contributed by atoms with van der Waals surface area (Å²) in [6.07, 6.45) is 5.33. The van der Waals surface area contributed by atoms with Crippen molar-refractivity contribution in [3.8, 4) is 0 Å². The number of pyridine rings is 2. The molecule has 0 aromatic carbocycles. The predicted molar refractivity (Wildman–Crippen MR) is 81.1 cm³/mol. The van der Waals surface area contributed by atoms with Crippen molar-refractivity contribution in [2.75, 3.05) is 13.2 Å². The molecule has 2 aromatic heterocycles. The van der Waals surface area contributed by atoms with Gasteiger partial charge in [0.1, 0.15) is 5.15 Å². The molecule has 2 aromatic rings. The zero-order valence-corrected chi connectivity index (χ0v) is 11.6. The average molecular weight is 291 g/mol. The van der Waals surface area contributed by atoms with Crippen molar-refractivity contribution >= 4 is 35.1 Å². The molecule has 0 saturated carbocycles. The van der Waals surface area contributed by atoms with Gasteiger partial charge in [0, 0.05) is 31.8 Å². The molecular formula is C14H15ClN4O. The summed E-state index contributed by atoms with van der Waals surface area (Å²) < 4.78 is 0. The normalized spacial score (nSPS) is 12.9. The Morgan fingerprint density at radius 1 is 1.40 bits per heavy atom. The lowest BCUT2D eigenvalue weighted by Gasteiger charge is -2.07. The molecule has 0 amide bonds. The van der Waals surface area contributed by atoms with Crippen LogP contribution in [0.2, 0.25) is 5.15 Å². The molecule has 1 unspecified atom stereocenters. The zero-order valence-electron chi connectivity index (χ0n) is 10.8. The van der Waals surface area contributed by atoms with Crippen LogP contribution in [-0.4, -0.2) is 40.7 Å². The molecule has 2 rings (SSSR count). The fourth-order valence-corrected chi connectivity index (χ4v) is 1.91. The summed E-state index contributed by atoms with van der Waals surface area (Å²) in [6.45, 7) is 0.665. The minimum atomic E-state index is -0.244. The number of nitrogens with one attached hydrogen (secondary N) is 1. The predicted octanol–water partition coefficient (Wildman–Crippen LogP) is 2.47. The third-order valence-electron chi connectivity index (χ3n) is 2.80. The van der Waals surface area contributed by atoms with Crippen molar-refractivity contribution in [2.45, 2.75) is 12.3 Å². The molecule has 104 valence electrons. The van der Waals surface area contributed by atoms with Crippen molar-refractivity contribution in [3.63, 3.8) is 0 Å². The highest BCUT2D eigenvalue weighted by molar-refractivity contribution is 6.29. The van der Waals surface area contributed by atoms with E-state index in [9.17, 15) is 0 Å². The molecule has 5 nitrogen and oxygen atoms in total. The van der Waals surface area contributed by atoms with Crippen molar-refractivity contribution < 1.29 is 5.11 Å². The van der Waals surface area contributed by atoms with Gasteiger partial charge in [-0.25, -0.2) is 4.98 Å². The van der Waals surface area contributed by atoms with Crippen LogP contribution >= 0.6 is 11.6 Å². The summed E-state index contributed by atoms with van der Waals surface area (Å²) in [6, 6.07) is 5.37. The molecule has 0 aliphatic rings. The largest absolute Gasteiger partial charge is 0.396 e. The number of aliphatic imine (C=N–C) groups is 1. The van der Waals surface area contributed by atoms with Gasteiger partial charge in [0.2, 0.25) is 0 Å². The second-order valence-corrected chi connectivity index (χ2v) is 4.65. The Balaban J connectivity index is 2.25. The van der Waals surface area contributed by atoms with Gasteiger partial charge in [-0.15, -0.1) is 0 Å². The summed E-state index contributed by atoms with van der Waals surface area (Å²) in [7, 11) is 0. The molecule has 20 heavy (non-hydrogen) atoms. The standard InChI is InChI=1S/C14H15ClN4O/c15-14-3-2-12-13(19-14)6-10(9-18-12)11(7-16)8-17-4-1-5-20/h2-3,6-9,11,16,20H,1,4-5H2. The molecule has 6 heteroatoms. The van der Waals surface area contributed by atoms with Gasteiger partial charge < -0.3 is 10.5 Å². The average Bonchev–Trinajstić information content (AvgIpc) is 2.46. The molecule has 0 fully saturated rings. The number of aromatic nitrogens is 2. The Bertz CT molecular complexity index is 630. The summed E-state index contributed by atoms with van der Waals surface area (Å²) in [5, 5.41) is 16.6. The smallest absolute Gasteiger partial charge is 0.129 e. The zero-order chi connectivity index (χ0) is 14.4. The summed E-state index contributed by atoms with van der Waals surface area (Å²) in [5.74, 6) is -0.244. The van der Waals surface area contributed by atoms with Crippen LogP contribution in [0.15, 0.2) is 29.4 Å². The lowest BCUT2D eigenvalue weighted by atomic mass is 10.0. The number of hydrogen-bond donors (Lipinski definition) is 2. The second kappa shape index (κ2) is 7.07. The first-order chi connectivity index (χ1) is 9.74. The summed E-state index contributed by atoms with van der Waals surface area (Å²) >= 11 is 5.87. The number of nitrogens with zero attached hydrogens (tertiary/aromatic N) is 3. The van der Waals surface area contributed by atoms with E-state index in [0.29, 0.717) is 23.6 Å². The van der Waals surface area contributed by atoms with Crippen LogP contribution in [-0.2, 0) is 0 Å². The van der Waals surface area contributed by atoms with Gasteiger partial charge in [-0.2, -0.15) is 0 Å². The highest BCUT2D eigenvalue weighted by Gasteiger charge is 2.08. The first-order valence-electron chi connectivity index (χ1n) is 6.28. The maximum absolute atomic E-state index is 8.70. The van der Waals surface area contributed by atoms with E-state index in [1.54, 1.807) is 18.5 Å². The molecular weight excluding hydrogens is 276 g/mol. The SMILES string of the molecule is N=CC(C=NCCCO)c1cnc2ccc(Cl)nc2c1. The summed E-state index contributed by atoms with van der Waals surface area (Å²) in [5.41, 5.74) is 2.31. The third kappa shape index (κ3) is 3.59. The molecule has 0 radical (unpaired) electrons. The lowest BCUT2D eigenvalue weighted by molar-refractivity contribution is 0.291. The van der Waals surface area contributed by atoms with Crippen LogP contribution < -0.4 is 0 Å². The van der Waals surface area contributed by atoms with Gasteiger partial charge in [0.25, 0.3) is 0 Å². The van der Waals surface area contributed by atoms with Crippen molar-refractivity contribution in [2.24, 2.45) is 4.99 Å². The van der Waals surface area contributed by atoms with E-state index in [-0.39, 0.29) is 12.5 Å². The van der Waals surface area contributed by atoms with Crippen LogP contribution in [0, 0.1) is 5.41 Å². The van der Waals surface area contributed by atoms with E-state index in [0.717, 1.165) is 11.1 Å². The Morgan fingerprint density at radius 2 is 2.25 bits per heavy atom. The van der Waals surface area contributed by atoms with Crippen molar-refractivity contribution in [3.05, 3.63) is 35.1 Å². The number of halogens is 1. The highest BCUT2D eigenvalue weighted by Crippen LogP contribution is 2.18. The molecule has 0 bridgehead atoms. The number of fused-ring (bicyclic) bond motifs is 1. The fourth-order valence-electron chi connectivity index (χ4n) is 1.76. The Kier molecular flexibility index (Phi) is 5.15. The van der Waals surface area contributed by atoms with Crippen LogP contribution in [0.5, 0.6) is 0 Å². The minimum Gasteiger partial charge on any atom is -0.396 e. The van der Waals surface area contributed by atoms with Gasteiger partial charge >= 0.3 is 0 Å². The topological polar surface area (TPSA) is 82.2 Å². The van der Waals surface area contributed by atoms with Gasteiger partial charge in [0.15, 0.2) is 0 Å². The van der Waals surface area contributed by atoms with Crippen LogP contribution in [0.25, 0.3) is 11.0 Å².